The Labute approximate surface area is 96.8 Å². The van der Waals surface area contributed by atoms with Gasteiger partial charge in [-0.1, -0.05) is 18.7 Å². The van der Waals surface area contributed by atoms with Crippen molar-refractivity contribution in [2.24, 2.45) is 11.8 Å². The lowest BCUT2D eigenvalue weighted by atomic mass is 9.74. The van der Waals surface area contributed by atoms with E-state index in [-0.39, 0.29) is 5.92 Å². The van der Waals surface area contributed by atoms with Crippen LogP contribution in [0, 0.1) is 11.8 Å². The van der Waals surface area contributed by atoms with Crippen molar-refractivity contribution in [2.75, 3.05) is 7.11 Å². The molecule has 0 aliphatic heterocycles. The highest BCUT2D eigenvalue weighted by Crippen LogP contribution is 2.36. The summed E-state index contributed by atoms with van der Waals surface area (Å²) < 4.78 is 4.64. The smallest absolute Gasteiger partial charge is 0.333 e. The second-order valence-corrected chi connectivity index (χ2v) is 4.55. The Hall–Kier alpha value is -1.09. The zero-order valence-electron chi connectivity index (χ0n) is 10.0. The van der Waals surface area contributed by atoms with Crippen LogP contribution in [0.1, 0.15) is 26.2 Å². The van der Waals surface area contributed by atoms with Gasteiger partial charge in [-0.2, -0.15) is 0 Å². The number of carbonyl (C=O) groups excluding carboxylic acids is 1. The first-order chi connectivity index (χ1) is 7.47. The van der Waals surface area contributed by atoms with Gasteiger partial charge in [0.1, 0.15) is 0 Å². The maximum Gasteiger partial charge on any atom is 0.333 e. The molecule has 0 amide bonds. The van der Waals surface area contributed by atoms with Crippen molar-refractivity contribution >= 4 is 5.97 Å². The molecule has 1 fully saturated rings. The van der Waals surface area contributed by atoms with Crippen LogP contribution in [0.2, 0.25) is 0 Å². The molecule has 90 valence electrons. The molecule has 0 aromatic heterocycles. The summed E-state index contributed by atoms with van der Waals surface area (Å²) in [5.41, 5.74) is 1.48. The summed E-state index contributed by atoms with van der Waals surface area (Å²) in [4.78, 5) is 11.4. The predicted octanol–water partition coefficient (Wildman–Crippen LogP) is 2.07. The van der Waals surface area contributed by atoms with E-state index in [2.05, 4.69) is 17.9 Å². The molecule has 0 saturated heterocycles. The van der Waals surface area contributed by atoms with Gasteiger partial charge in [0.2, 0.25) is 0 Å². The molecule has 1 N–H and O–H groups in total. The lowest BCUT2D eigenvalue weighted by molar-refractivity contribution is -0.137. The number of esters is 1. The van der Waals surface area contributed by atoms with Crippen LogP contribution in [0.15, 0.2) is 24.3 Å². The average molecular weight is 224 g/mol. The van der Waals surface area contributed by atoms with Gasteiger partial charge < -0.3 is 9.84 Å². The number of carbonyl (C=O) groups is 1. The van der Waals surface area contributed by atoms with Crippen LogP contribution in [0.25, 0.3) is 0 Å². The van der Waals surface area contributed by atoms with E-state index in [1.165, 1.54) is 7.11 Å². The molecular weight excluding hydrogens is 204 g/mol. The number of ether oxygens (including phenoxy) is 1. The van der Waals surface area contributed by atoms with Crippen LogP contribution in [0.5, 0.6) is 0 Å². The average Bonchev–Trinajstić information content (AvgIpc) is 2.27. The van der Waals surface area contributed by atoms with Crippen molar-refractivity contribution in [1.29, 1.82) is 0 Å². The highest BCUT2D eigenvalue weighted by atomic mass is 16.5. The molecule has 0 bridgehead atoms. The third-order valence-corrected chi connectivity index (χ3v) is 3.41. The summed E-state index contributed by atoms with van der Waals surface area (Å²) in [5, 5.41) is 9.89. The number of allylic oxidation sites excluding steroid dienone is 1. The predicted molar refractivity (Wildman–Crippen MR) is 62.8 cm³/mol. The van der Waals surface area contributed by atoms with Crippen molar-refractivity contribution in [3.8, 4) is 0 Å². The Morgan fingerprint density at radius 3 is 2.50 bits per heavy atom. The highest BCUT2D eigenvalue weighted by molar-refractivity contribution is 5.88. The van der Waals surface area contributed by atoms with Gasteiger partial charge in [-0.15, -0.1) is 0 Å². The highest BCUT2D eigenvalue weighted by Gasteiger charge is 2.33. The summed E-state index contributed by atoms with van der Waals surface area (Å²) in [5.74, 6) is -0.246. The van der Waals surface area contributed by atoms with Crippen LogP contribution in [-0.4, -0.2) is 24.3 Å². The first kappa shape index (κ1) is 13.0. The Kier molecular flexibility index (Phi) is 4.30. The lowest BCUT2D eigenvalue weighted by Gasteiger charge is -2.34. The van der Waals surface area contributed by atoms with Gasteiger partial charge in [0.15, 0.2) is 0 Å². The molecule has 0 heterocycles. The summed E-state index contributed by atoms with van der Waals surface area (Å²) in [6.45, 7) is 9.65. The van der Waals surface area contributed by atoms with Crippen molar-refractivity contribution in [3.05, 3.63) is 24.3 Å². The summed E-state index contributed by atoms with van der Waals surface area (Å²) in [6.07, 6.45) is 1.88. The van der Waals surface area contributed by atoms with E-state index in [9.17, 15) is 9.90 Å². The third-order valence-electron chi connectivity index (χ3n) is 3.41. The molecule has 1 aliphatic carbocycles. The molecule has 3 nitrogen and oxygen atoms in total. The molecule has 0 spiro atoms. The fourth-order valence-corrected chi connectivity index (χ4v) is 2.26. The number of aliphatic hydroxyl groups is 1. The van der Waals surface area contributed by atoms with E-state index in [0.717, 1.165) is 18.4 Å². The van der Waals surface area contributed by atoms with Gasteiger partial charge in [-0.3, -0.25) is 0 Å². The number of methoxy groups -OCH3 is 1. The zero-order valence-corrected chi connectivity index (χ0v) is 10.0. The molecule has 1 saturated carbocycles. The quantitative estimate of drug-likeness (QED) is 0.453. The van der Waals surface area contributed by atoms with Gasteiger partial charge in [0.05, 0.1) is 13.2 Å². The zero-order chi connectivity index (χ0) is 12.3. The normalized spacial score (nSPS) is 29.6. The summed E-state index contributed by atoms with van der Waals surface area (Å²) in [6, 6.07) is 0. The lowest BCUT2D eigenvalue weighted by Crippen LogP contribution is -2.33. The van der Waals surface area contributed by atoms with E-state index in [1.54, 1.807) is 0 Å². The van der Waals surface area contributed by atoms with Crippen molar-refractivity contribution in [2.45, 2.75) is 32.3 Å². The first-order valence-electron chi connectivity index (χ1n) is 5.58. The molecule has 1 rings (SSSR count). The summed E-state index contributed by atoms with van der Waals surface area (Å²) in [7, 11) is 1.33. The maximum atomic E-state index is 11.4. The van der Waals surface area contributed by atoms with Crippen molar-refractivity contribution in [1.82, 2.24) is 0 Å². The van der Waals surface area contributed by atoms with E-state index in [0.29, 0.717) is 17.9 Å². The minimum atomic E-state index is -0.484. The Balaban J connectivity index is 2.73. The molecule has 0 aromatic rings. The van der Waals surface area contributed by atoms with Gasteiger partial charge in [-0.25, -0.2) is 4.79 Å². The first-order valence-corrected chi connectivity index (χ1v) is 5.58. The second-order valence-electron chi connectivity index (χ2n) is 4.55. The molecule has 0 radical (unpaired) electrons. The number of rotatable bonds is 3. The van der Waals surface area contributed by atoms with E-state index >= 15 is 0 Å². The van der Waals surface area contributed by atoms with Crippen LogP contribution in [0.3, 0.4) is 0 Å². The number of aliphatic hydroxyl groups excluding tert-OH is 1. The van der Waals surface area contributed by atoms with Crippen LogP contribution < -0.4 is 0 Å². The molecular formula is C13H20O3. The van der Waals surface area contributed by atoms with E-state index < -0.39 is 12.1 Å². The Morgan fingerprint density at radius 1 is 1.38 bits per heavy atom. The van der Waals surface area contributed by atoms with Crippen molar-refractivity contribution < 1.29 is 14.6 Å². The van der Waals surface area contributed by atoms with E-state index in [1.807, 2.05) is 6.92 Å². The summed E-state index contributed by atoms with van der Waals surface area (Å²) >= 11 is 0. The monoisotopic (exact) mass is 224 g/mol. The van der Waals surface area contributed by atoms with Crippen LogP contribution in [0.4, 0.5) is 0 Å². The molecule has 3 unspecified atom stereocenters. The van der Waals surface area contributed by atoms with E-state index in [4.69, 9.17) is 0 Å². The molecule has 16 heavy (non-hydrogen) atoms. The van der Waals surface area contributed by atoms with Gasteiger partial charge in [0.25, 0.3) is 0 Å². The van der Waals surface area contributed by atoms with Gasteiger partial charge >= 0.3 is 5.97 Å². The van der Waals surface area contributed by atoms with Crippen LogP contribution >= 0.6 is 0 Å². The van der Waals surface area contributed by atoms with Gasteiger partial charge in [-0.05, 0) is 32.1 Å². The fraction of sp³-hybridized carbons (Fsp3) is 0.615. The molecule has 3 heteroatoms. The number of hydrogen-bond acceptors (Lipinski definition) is 3. The number of hydrogen-bond donors (Lipinski definition) is 1. The minimum absolute atomic E-state index is 0.192. The Morgan fingerprint density at radius 2 is 2.00 bits per heavy atom. The van der Waals surface area contributed by atoms with Crippen molar-refractivity contribution in [3.63, 3.8) is 0 Å². The third kappa shape index (κ3) is 2.73. The second kappa shape index (κ2) is 5.30. The van der Waals surface area contributed by atoms with Crippen LogP contribution in [-0.2, 0) is 9.53 Å². The molecule has 1 aliphatic rings. The topological polar surface area (TPSA) is 46.5 Å². The van der Waals surface area contributed by atoms with Gasteiger partial charge in [0, 0.05) is 11.5 Å². The SMILES string of the molecule is C=C(C)C1CCC(O)C(C(=C)C(=O)OC)C1. The molecule has 0 aromatic carbocycles. The Bertz CT molecular complexity index is 306. The minimum Gasteiger partial charge on any atom is -0.466 e. The maximum absolute atomic E-state index is 11.4. The molecule has 3 atom stereocenters. The standard InChI is InChI=1S/C13H20O3/c1-8(2)10-5-6-12(14)11(7-10)9(3)13(15)16-4/h10-12,14H,1,3,5-7H2,2,4H3. The largest absolute Gasteiger partial charge is 0.466 e. The fourth-order valence-electron chi connectivity index (χ4n) is 2.26.